The molecule has 0 aromatic heterocycles. The van der Waals surface area contributed by atoms with Gasteiger partial charge in [0, 0.05) is 19.8 Å². The molecule has 1 aliphatic rings. The van der Waals surface area contributed by atoms with E-state index >= 15 is 0 Å². The van der Waals surface area contributed by atoms with Crippen LogP contribution >= 0.6 is 0 Å². The van der Waals surface area contributed by atoms with E-state index in [1.807, 2.05) is 0 Å². The van der Waals surface area contributed by atoms with Crippen LogP contribution in [0.2, 0.25) is 0 Å². The van der Waals surface area contributed by atoms with Crippen LogP contribution in [0.5, 0.6) is 0 Å². The molecular weight excluding hydrogens is 262 g/mol. The van der Waals surface area contributed by atoms with Crippen molar-refractivity contribution in [2.45, 2.75) is 38.6 Å². The number of fused-ring (bicyclic) bond motifs is 1. The van der Waals surface area contributed by atoms with E-state index in [1.165, 1.54) is 30.4 Å². The van der Waals surface area contributed by atoms with Crippen molar-refractivity contribution < 1.29 is 9.47 Å². The minimum atomic E-state index is 0.513. The van der Waals surface area contributed by atoms with Crippen LogP contribution in [-0.2, 0) is 15.9 Å². The molecule has 0 fully saturated rings. The van der Waals surface area contributed by atoms with E-state index in [2.05, 4.69) is 36.5 Å². The van der Waals surface area contributed by atoms with Crippen molar-refractivity contribution in [3.63, 3.8) is 0 Å². The summed E-state index contributed by atoms with van der Waals surface area (Å²) in [6.45, 7) is 5.47. The van der Waals surface area contributed by atoms with Gasteiger partial charge >= 0.3 is 0 Å². The Kier molecular flexibility index (Phi) is 7.20. The molecule has 2 atom stereocenters. The highest BCUT2D eigenvalue weighted by atomic mass is 16.5. The summed E-state index contributed by atoms with van der Waals surface area (Å²) in [6.07, 6.45) is 4.87. The first-order chi connectivity index (χ1) is 10.4. The molecule has 2 unspecified atom stereocenters. The van der Waals surface area contributed by atoms with Gasteiger partial charge in [0.1, 0.15) is 0 Å². The fraction of sp³-hybridized carbons (Fsp3) is 0.667. The van der Waals surface area contributed by atoms with Crippen LogP contribution in [0.15, 0.2) is 24.3 Å². The SMILES string of the molecule is CCNC1c2ccccc2CCC1CCCOCCOC. The average Bonchev–Trinajstić information content (AvgIpc) is 2.52. The largest absolute Gasteiger partial charge is 0.382 e. The summed E-state index contributed by atoms with van der Waals surface area (Å²) in [5.41, 5.74) is 3.03. The highest BCUT2D eigenvalue weighted by Gasteiger charge is 2.28. The molecule has 2 rings (SSSR count). The number of methoxy groups -OCH3 is 1. The molecule has 1 aromatic rings. The maximum Gasteiger partial charge on any atom is 0.0700 e. The standard InChI is InChI=1S/C18H29NO2/c1-3-19-18-16(8-6-12-21-14-13-20-2)11-10-15-7-4-5-9-17(15)18/h4-5,7,9,16,18-19H,3,6,8,10-14H2,1-2H3. The highest BCUT2D eigenvalue weighted by molar-refractivity contribution is 5.33. The van der Waals surface area contributed by atoms with Crippen molar-refractivity contribution in [1.29, 1.82) is 0 Å². The molecule has 3 heteroatoms. The van der Waals surface area contributed by atoms with Crippen LogP contribution < -0.4 is 5.32 Å². The quantitative estimate of drug-likeness (QED) is 0.708. The number of ether oxygens (including phenoxy) is 2. The lowest BCUT2D eigenvalue weighted by atomic mass is 9.77. The molecule has 0 radical (unpaired) electrons. The second-order valence-electron chi connectivity index (χ2n) is 5.78. The molecule has 1 aromatic carbocycles. The number of hydrogen-bond acceptors (Lipinski definition) is 3. The topological polar surface area (TPSA) is 30.5 Å². The van der Waals surface area contributed by atoms with E-state index in [9.17, 15) is 0 Å². The molecule has 0 saturated heterocycles. The van der Waals surface area contributed by atoms with Crippen molar-refractivity contribution in [2.24, 2.45) is 5.92 Å². The van der Waals surface area contributed by atoms with Gasteiger partial charge in [-0.2, -0.15) is 0 Å². The molecular formula is C18H29NO2. The molecule has 0 spiro atoms. The molecule has 21 heavy (non-hydrogen) atoms. The summed E-state index contributed by atoms with van der Waals surface area (Å²) >= 11 is 0. The highest BCUT2D eigenvalue weighted by Crippen LogP contribution is 2.36. The first kappa shape index (κ1) is 16.5. The zero-order valence-electron chi connectivity index (χ0n) is 13.4. The van der Waals surface area contributed by atoms with Gasteiger partial charge in [-0.1, -0.05) is 31.2 Å². The summed E-state index contributed by atoms with van der Waals surface area (Å²) in [6, 6.07) is 9.41. The fourth-order valence-corrected chi connectivity index (χ4v) is 3.33. The molecule has 0 heterocycles. The monoisotopic (exact) mass is 291 g/mol. The number of benzene rings is 1. The molecule has 1 aliphatic carbocycles. The van der Waals surface area contributed by atoms with Crippen molar-refractivity contribution in [2.75, 3.05) is 33.5 Å². The minimum absolute atomic E-state index is 0.513. The maximum absolute atomic E-state index is 5.58. The third kappa shape index (κ3) is 4.80. The fourth-order valence-electron chi connectivity index (χ4n) is 3.33. The zero-order chi connectivity index (χ0) is 14.9. The lowest BCUT2D eigenvalue weighted by molar-refractivity contribution is 0.0660. The Morgan fingerprint density at radius 2 is 2.05 bits per heavy atom. The molecule has 3 nitrogen and oxygen atoms in total. The van der Waals surface area contributed by atoms with E-state index in [4.69, 9.17) is 9.47 Å². The predicted octanol–water partition coefficient (Wildman–Crippen LogP) is 3.34. The molecule has 0 bridgehead atoms. The van der Waals surface area contributed by atoms with Crippen molar-refractivity contribution in [1.82, 2.24) is 5.32 Å². The van der Waals surface area contributed by atoms with Crippen LogP contribution in [-0.4, -0.2) is 33.5 Å². The van der Waals surface area contributed by atoms with Gasteiger partial charge in [-0.05, 0) is 49.3 Å². The Bertz CT molecular complexity index is 408. The van der Waals surface area contributed by atoms with Crippen LogP contribution in [0.25, 0.3) is 0 Å². The molecule has 118 valence electrons. The molecule has 0 aliphatic heterocycles. The van der Waals surface area contributed by atoms with Crippen LogP contribution in [0.1, 0.15) is 43.4 Å². The summed E-state index contributed by atoms with van der Waals surface area (Å²) in [7, 11) is 1.71. The van der Waals surface area contributed by atoms with E-state index in [0.717, 1.165) is 25.5 Å². The third-order valence-corrected chi connectivity index (χ3v) is 4.37. The first-order valence-electron chi connectivity index (χ1n) is 8.24. The Morgan fingerprint density at radius 1 is 1.19 bits per heavy atom. The predicted molar refractivity (Wildman–Crippen MR) is 86.6 cm³/mol. The van der Waals surface area contributed by atoms with Gasteiger partial charge in [0.2, 0.25) is 0 Å². The molecule has 1 N–H and O–H groups in total. The van der Waals surface area contributed by atoms with Gasteiger partial charge in [-0.15, -0.1) is 0 Å². The maximum atomic E-state index is 5.58. The van der Waals surface area contributed by atoms with Gasteiger partial charge in [-0.3, -0.25) is 0 Å². The van der Waals surface area contributed by atoms with E-state index in [-0.39, 0.29) is 0 Å². The van der Waals surface area contributed by atoms with Crippen LogP contribution in [0, 0.1) is 5.92 Å². The van der Waals surface area contributed by atoms with Crippen molar-refractivity contribution >= 4 is 0 Å². The van der Waals surface area contributed by atoms with E-state index in [0.29, 0.717) is 19.3 Å². The number of aryl methyl sites for hydroxylation is 1. The Morgan fingerprint density at radius 3 is 2.86 bits per heavy atom. The Labute approximate surface area is 129 Å². The van der Waals surface area contributed by atoms with Gasteiger partial charge in [0.05, 0.1) is 13.2 Å². The van der Waals surface area contributed by atoms with Gasteiger partial charge in [0.15, 0.2) is 0 Å². The Hall–Kier alpha value is -0.900. The Balaban J connectivity index is 1.85. The molecule has 0 amide bonds. The summed E-state index contributed by atoms with van der Waals surface area (Å²) in [5, 5.41) is 3.69. The van der Waals surface area contributed by atoms with Crippen LogP contribution in [0.4, 0.5) is 0 Å². The normalized spacial score (nSPS) is 21.2. The first-order valence-corrected chi connectivity index (χ1v) is 8.24. The van der Waals surface area contributed by atoms with Gasteiger partial charge in [-0.25, -0.2) is 0 Å². The average molecular weight is 291 g/mol. The third-order valence-electron chi connectivity index (χ3n) is 4.37. The number of hydrogen-bond donors (Lipinski definition) is 1. The zero-order valence-corrected chi connectivity index (χ0v) is 13.4. The smallest absolute Gasteiger partial charge is 0.0700 e. The summed E-state index contributed by atoms with van der Waals surface area (Å²) in [4.78, 5) is 0. The molecule has 0 saturated carbocycles. The van der Waals surface area contributed by atoms with Crippen molar-refractivity contribution in [3.05, 3.63) is 35.4 Å². The van der Waals surface area contributed by atoms with Crippen molar-refractivity contribution in [3.8, 4) is 0 Å². The lowest BCUT2D eigenvalue weighted by Gasteiger charge is -2.34. The second kappa shape index (κ2) is 9.19. The summed E-state index contributed by atoms with van der Waals surface area (Å²) in [5.74, 6) is 0.728. The second-order valence-corrected chi connectivity index (χ2v) is 5.78. The van der Waals surface area contributed by atoms with E-state index in [1.54, 1.807) is 7.11 Å². The number of rotatable bonds is 9. The van der Waals surface area contributed by atoms with E-state index < -0.39 is 0 Å². The van der Waals surface area contributed by atoms with Gasteiger partial charge in [0.25, 0.3) is 0 Å². The number of nitrogens with one attached hydrogen (secondary N) is 1. The van der Waals surface area contributed by atoms with Crippen LogP contribution in [0.3, 0.4) is 0 Å². The lowest BCUT2D eigenvalue weighted by Crippen LogP contribution is -2.32. The minimum Gasteiger partial charge on any atom is -0.382 e. The summed E-state index contributed by atoms with van der Waals surface area (Å²) < 4.78 is 10.6. The van der Waals surface area contributed by atoms with Gasteiger partial charge < -0.3 is 14.8 Å².